The molecule has 4 heterocycles. The van der Waals surface area contributed by atoms with Crippen molar-refractivity contribution in [2.24, 2.45) is 0 Å². The summed E-state index contributed by atoms with van der Waals surface area (Å²) in [6.07, 6.45) is 11.5. The van der Waals surface area contributed by atoms with Crippen LogP contribution in [0.1, 0.15) is 5.56 Å². The van der Waals surface area contributed by atoms with Crippen LogP contribution in [-0.2, 0) is 6.42 Å². The number of fused-ring (bicyclic) bond motifs is 5. The molecule has 2 aliphatic rings. The Bertz CT molecular complexity index is 2330. The van der Waals surface area contributed by atoms with Crippen LogP contribution in [0.25, 0.3) is 67.1 Å². The van der Waals surface area contributed by atoms with E-state index >= 15 is 0 Å². The van der Waals surface area contributed by atoms with E-state index in [4.69, 9.17) is 15.0 Å². The summed E-state index contributed by atoms with van der Waals surface area (Å²) in [4.78, 5) is 18.0. The van der Waals surface area contributed by atoms with E-state index in [0.29, 0.717) is 5.82 Å². The molecule has 0 N–H and O–H groups in total. The molecular weight excluding hydrogens is 585 g/mol. The monoisotopic (exact) mass is 614 g/mol. The number of pyridine rings is 1. The van der Waals surface area contributed by atoms with Gasteiger partial charge in [0.25, 0.3) is 0 Å². The maximum absolute atomic E-state index is 5.35. The molecule has 0 saturated heterocycles. The molecule has 0 amide bonds. The molecule has 48 heavy (non-hydrogen) atoms. The lowest BCUT2D eigenvalue weighted by molar-refractivity contribution is 1.03. The van der Waals surface area contributed by atoms with Crippen molar-refractivity contribution in [1.82, 2.24) is 15.0 Å². The molecule has 0 aliphatic carbocycles. The Morgan fingerprint density at radius 2 is 1.00 bits per heavy atom. The largest absolute Gasteiger partial charge is 0.302 e. The van der Waals surface area contributed by atoms with Crippen molar-refractivity contribution in [2.75, 3.05) is 4.90 Å². The zero-order valence-electron chi connectivity index (χ0n) is 26.2. The van der Waals surface area contributed by atoms with E-state index in [-0.39, 0.29) is 0 Å². The van der Waals surface area contributed by atoms with Crippen molar-refractivity contribution < 1.29 is 0 Å². The molecular formula is C44H30N4. The Balaban J connectivity index is 1.24. The average Bonchev–Trinajstić information content (AvgIpc) is 3.18. The van der Waals surface area contributed by atoms with Gasteiger partial charge in [-0.05, 0) is 29.5 Å². The summed E-state index contributed by atoms with van der Waals surface area (Å²) in [6, 6.07) is 48.5. The summed E-state index contributed by atoms with van der Waals surface area (Å²) in [7, 11) is 0. The van der Waals surface area contributed by atoms with Crippen LogP contribution >= 0.6 is 0 Å². The number of aromatic nitrogens is 3. The smallest absolute Gasteiger partial charge is 0.160 e. The molecule has 0 saturated carbocycles. The van der Waals surface area contributed by atoms with Gasteiger partial charge in [-0.2, -0.15) is 0 Å². The third-order valence-corrected chi connectivity index (χ3v) is 9.11. The highest BCUT2D eigenvalue weighted by Gasteiger charge is 2.24. The second kappa shape index (κ2) is 11.8. The zero-order chi connectivity index (χ0) is 31.9. The number of hydrogen-bond acceptors (Lipinski definition) is 4. The van der Waals surface area contributed by atoms with Crippen molar-refractivity contribution in [2.45, 2.75) is 6.42 Å². The Kier molecular flexibility index (Phi) is 6.83. The Labute approximate surface area is 279 Å². The summed E-state index contributed by atoms with van der Waals surface area (Å²) < 4.78 is 0. The maximum atomic E-state index is 5.35. The lowest BCUT2D eigenvalue weighted by Gasteiger charge is -2.30. The standard InChI is InChI=1S/C44H30N4/c1-4-14-31(15-5-1)41-39(42(32-16-6-2-7-17-32)46-43(45-41)34-18-8-3-9-19-34)30-23-25-33(26-24-30)40-37-22-11-10-21-36(37)38-28-27-35-20-12-13-29-48(35)44(38)47-40/h1-27,29H,28H2. The van der Waals surface area contributed by atoms with Crippen molar-refractivity contribution >= 4 is 16.6 Å². The number of hydrogen-bond donors (Lipinski definition) is 0. The van der Waals surface area contributed by atoms with Crippen molar-refractivity contribution in [1.29, 1.82) is 0 Å². The molecule has 4 nitrogen and oxygen atoms in total. The first-order valence-electron chi connectivity index (χ1n) is 16.3. The van der Waals surface area contributed by atoms with Gasteiger partial charge in [-0.1, -0.05) is 152 Å². The second-order valence-corrected chi connectivity index (χ2v) is 12.0. The number of nitrogens with zero attached hydrogens (tertiary/aromatic N) is 4. The van der Waals surface area contributed by atoms with Gasteiger partial charge in [-0.3, -0.25) is 0 Å². The Morgan fingerprint density at radius 1 is 0.458 bits per heavy atom. The van der Waals surface area contributed by atoms with Crippen LogP contribution in [0, 0.1) is 0 Å². The fourth-order valence-electron chi connectivity index (χ4n) is 6.80. The summed E-state index contributed by atoms with van der Waals surface area (Å²) >= 11 is 0. The van der Waals surface area contributed by atoms with Gasteiger partial charge in [0.2, 0.25) is 0 Å². The van der Waals surface area contributed by atoms with Gasteiger partial charge in [0.05, 0.1) is 17.1 Å². The fourth-order valence-corrected chi connectivity index (χ4v) is 6.80. The average molecular weight is 615 g/mol. The minimum absolute atomic E-state index is 0.702. The molecule has 0 spiro atoms. The molecule has 9 rings (SSSR count). The predicted molar refractivity (Wildman–Crippen MR) is 197 cm³/mol. The first-order valence-corrected chi connectivity index (χ1v) is 16.3. The van der Waals surface area contributed by atoms with Gasteiger partial charge >= 0.3 is 0 Å². The molecule has 2 aromatic heterocycles. The highest BCUT2D eigenvalue weighted by molar-refractivity contribution is 6.00. The van der Waals surface area contributed by atoms with Crippen molar-refractivity contribution in [3.8, 4) is 56.3 Å². The summed E-state index contributed by atoms with van der Waals surface area (Å²) in [5.74, 6) is 1.70. The van der Waals surface area contributed by atoms with E-state index in [2.05, 4.69) is 145 Å². The molecule has 0 bridgehead atoms. The lowest BCUT2D eigenvalue weighted by atomic mass is 9.92. The first kappa shape index (κ1) is 27.9. The Hall–Kier alpha value is -6.39. The SMILES string of the molecule is C1=CC2=CCc3c(nc(-c4ccc(-c5c(-c6ccccc6)nc(-c6ccccc6)nc5-c5ccccc5)cc4)c4ccccc34)N2C=C1. The van der Waals surface area contributed by atoms with Crippen LogP contribution in [0.15, 0.2) is 176 Å². The molecule has 2 aliphatic heterocycles. The van der Waals surface area contributed by atoms with Gasteiger partial charge in [0.15, 0.2) is 5.82 Å². The van der Waals surface area contributed by atoms with Crippen LogP contribution < -0.4 is 4.90 Å². The third kappa shape index (κ3) is 4.83. The van der Waals surface area contributed by atoms with Crippen molar-refractivity contribution in [3.63, 3.8) is 0 Å². The predicted octanol–water partition coefficient (Wildman–Crippen LogP) is 10.7. The normalized spacial score (nSPS) is 13.2. The lowest BCUT2D eigenvalue weighted by Crippen LogP contribution is -2.22. The topological polar surface area (TPSA) is 41.9 Å². The molecule has 4 heteroatoms. The highest BCUT2D eigenvalue weighted by Crippen LogP contribution is 2.42. The highest BCUT2D eigenvalue weighted by atomic mass is 15.2. The van der Waals surface area contributed by atoms with Gasteiger partial charge in [-0.25, -0.2) is 15.0 Å². The van der Waals surface area contributed by atoms with Crippen LogP contribution in [0.3, 0.4) is 0 Å². The summed E-state index contributed by atoms with van der Waals surface area (Å²) in [6.45, 7) is 0. The molecule has 0 radical (unpaired) electrons. The first-order chi connectivity index (χ1) is 23.8. The van der Waals surface area contributed by atoms with E-state index in [9.17, 15) is 0 Å². The zero-order valence-corrected chi connectivity index (χ0v) is 26.2. The summed E-state index contributed by atoms with van der Waals surface area (Å²) in [5.41, 5.74) is 11.4. The van der Waals surface area contributed by atoms with Gasteiger partial charge in [-0.15, -0.1) is 0 Å². The number of benzene rings is 5. The van der Waals surface area contributed by atoms with E-state index in [1.807, 2.05) is 30.3 Å². The fraction of sp³-hybridized carbons (Fsp3) is 0.0227. The van der Waals surface area contributed by atoms with Crippen LogP contribution in [0.2, 0.25) is 0 Å². The maximum Gasteiger partial charge on any atom is 0.160 e. The Morgan fingerprint density at radius 3 is 1.65 bits per heavy atom. The minimum Gasteiger partial charge on any atom is -0.302 e. The van der Waals surface area contributed by atoms with Crippen LogP contribution in [0.4, 0.5) is 5.82 Å². The number of rotatable bonds is 5. The number of anilines is 1. The molecule has 5 aromatic carbocycles. The quantitative estimate of drug-likeness (QED) is 0.193. The second-order valence-electron chi connectivity index (χ2n) is 12.0. The van der Waals surface area contributed by atoms with E-state index in [1.54, 1.807) is 0 Å². The van der Waals surface area contributed by atoms with Gasteiger partial charge in [0, 0.05) is 50.7 Å². The molecule has 226 valence electrons. The van der Waals surface area contributed by atoms with Gasteiger partial charge < -0.3 is 4.90 Å². The summed E-state index contributed by atoms with van der Waals surface area (Å²) in [5, 5.41) is 2.39. The van der Waals surface area contributed by atoms with E-state index in [1.165, 1.54) is 10.9 Å². The molecule has 0 atom stereocenters. The molecule has 0 fully saturated rings. The third-order valence-electron chi connectivity index (χ3n) is 9.11. The van der Waals surface area contributed by atoms with E-state index in [0.717, 1.165) is 73.8 Å². The van der Waals surface area contributed by atoms with E-state index < -0.39 is 0 Å². The minimum atomic E-state index is 0.702. The van der Waals surface area contributed by atoms with Crippen LogP contribution in [-0.4, -0.2) is 15.0 Å². The van der Waals surface area contributed by atoms with Crippen LogP contribution in [0.5, 0.6) is 0 Å². The van der Waals surface area contributed by atoms with Gasteiger partial charge in [0.1, 0.15) is 5.82 Å². The number of allylic oxidation sites excluding steroid dienone is 4. The van der Waals surface area contributed by atoms with Crippen molar-refractivity contribution in [3.05, 3.63) is 181 Å². The molecule has 0 unspecified atom stereocenters. The molecule has 7 aromatic rings.